The molecule has 11 heteroatoms. The summed E-state index contributed by atoms with van der Waals surface area (Å²) in [5.74, 6) is -1.02. The first-order valence-corrected chi connectivity index (χ1v) is 15.9. The summed E-state index contributed by atoms with van der Waals surface area (Å²) in [7, 11) is -4.11. The fraction of sp³-hybridized carbons (Fsp3) is 0.469. The van der Waals surface area contributed by atoms with Crippen molar-refractivity contribution in [3.63, 3.8) is 0 Å². The molecule has 43 heavy (non-hydrogen) atoms. The lowest BCUT2D eigenvalue weighted by Gasteiger charge is -2.31. The molecule has 1 aromatic heterocycles. The molecule has 0 radical (unpaired) electrons. The molecule has 0 spiro atoms. The van der Waals surface area contributed by atoms with Crippen molar-refractivity contribution in [1.82, 2.24) is 10.1 Å². The number of aromatic amines is 1. The number of benzene rings is 2. The van der Waals surface area contributed by atoms with Crippen LogP contribution >= 0.6 is 7.75 Å². The summed E-state index contributed by atoms with van der Waals surface area (Å²) >= 11 is 0. The number of pyridine rings is 1. The zero-order valence-electron chi connectivity index (χ0n) is 26.7. The maximum atomic E-state index is 14.0. The molecule has 1 unspecified atom stereocenters. The Bertz CT molecular complexity index is 1600. The third-order valence-electron chi connectivity index (χ3n) is 6.59. The SMILES string of the molecule is CCOP(=O)(N[C@@H](C)C(=O)OC(C)C)Oc1cc(NC(=O)c2c[nH]c3ccccc3c2=O)c(C(C)(C)C)cc1C(C)(C)C. The van der Waals surface area contributed by atoms with Crippen molar-refractivity contribution in [2.24, 2.45) is 0 Å². The highest BCUT2D eigenvalue weighted by atomic mass is 31.2. The van der Waals surface area contributed by atoms with Crippen LogP contribution in [-0.2, 0) is 29.5 Å². The minimum absolute atomic E-state index is 0.0372. The molecule has 10 nitrogen and oxygen atoms in total. The van der Waals surface area contributed by atoms with Crippen LogP contribution in [0.5, 0.6) is 5.75 Å². The average molecular weight is 614 g/mol. The number of amides is 1. The van der Waals surface area contributed by atoms with Crippen LogP contribution in [0.3, 0.4) is 0 Å². The number of H-pyrrole nitrogens is 1. The predicted octanol–water partition coefficient (Wildman–Crippen LogP) is 6.83. The second kappa shape index (κ2) is 13.0. The Hall–Kier alpha value is -3.46. The Balaban J connectivity index is 2.12. The first kappa shape index (κ1) is 34.0. The Morgan fingerprint density at radius 2 is 1.60 bits per heavy atom. The lowest BCUT2D eigenvalue weighted by atomic mass is 9.79. The lowest BCUT2D eigenvalue weighted by Crippen LogP contribution is -2.36. The molecule has 2 aromatic carbocycles. The molecule has 3 rings (SSSR count). The number of hydrogen-bond donors (Lipinski definition) is 3. The van der Waals surface area contributed by atoms with E-state index in [0.717, 1.165) is 5.56 Å². The van der Waals surface area contributed by atoms with Crippen molar-refractivity contribution in [2.75, 3.05) is 11.9 Å². The van der Waals surface area contributed by atoms with Gasteiger partial charge in [0.05, 0.1) is 12.7 Å². The number of nitrogens with one attached hydrogen (secondary N) is 3. The Labute approximate surface area is 253 Å². The van der Waals surface area contributed by atoms with Gasteiger partial charge in [-0.3, -0.25) is 18.9 Å². The van der Waals surface area contributed by atoms with E-state index in [9.17, 15) is 18.9 Å². The molecule has 0 aliphatic carbocycles. The maximum Gasteiger partial charge on any atom is 0.459 e. The minimum Gasteiger partial charge on any atom is -0.462 e. The maximum absolute atomic E-state index is 14.0. The lowest BCUT2D eigenvalue weighted by molar-refractivity contribution is -0.149. The summed E-state index contributed by atoms with van der Waals surface area (Å²) < 4.78 is 30.9. The second-order valence-corrected chi connectivity index (χ2v) is 14.5. The fourth-order valence-corrected chi connectivity index (χ4v) is 6.01. The molecule has 3 N–H and O–H groups in total. The van der Waals surface area contributed by atoms with E-state index >= 15 is 0 Å². The summed E-state index contributed by atoms with van der Waals surface area (Å²) in [6, 6.07) is 9.46. The van der Waals surface area contributed by atoms with E-state index in [2.05, 4.69) is 15.4 Å². The van der Waals surface area contributed by atoms with E-state index in [0.29, 0.717) is 22.2 Å². The van der Waals surface area contributed by atoms with Crippen molar-refractivity contribution in [2.45, 2.75) is 92.2 Å². The number of carbonyl (C=O) groups is 2. The van der Waals surface area contributed by atoms with Crippen LogP contribution in [0.25, 0.3) is 10.9 Å². The summed E-state index contributed by atoms with van der Waals surface area (Å²) in [5, 5.41) is 5.97. The van der Waals surface area contributed by atoms with Crippen molar-refractivity contribution < 1.29 is 27.9 Å². The molecule has 1 amide bonds. The number of aromatic nitrogens is 1. The van der Waals surface area contributed by atoms with Gasteiger partial charge >= 0.3 is 13.7 Å². The fourth-order valence-electron chi connectivity index (χ4n) is 4.50. The number of fused-ring (bicyclic) bond motifs is 1. The first-order chi connectivity index (χ1) is 19.9. The first-order valence-electron chi connectivity index (χ1n) is 14.4. The molecule has 0 saturated carbocycles. The van der Waals surface area contributed by atoms with E-state index in [1.54, 1.807) is 51.1 Å². The number of anilines is 1. The van der Waals surface area contributed by atoms with Crippen molar-refractivity contribution in [1.29, 1.82) is 0 Å². The van der Waals surface area contributed by atoms with Crippen LogP contribution in [0.15, 0.2) is 47.4 Å². The van der Waals surface area contributed by atoms with Crippen LogP contribution in [0, 0.1) is 0 Å². The van der Waals surface area contributed by atoms with Crippen molar-refractivity contribution in [3.8, 4) is 5.75 Å². The largest absolute Gasteiger partial charge is 0.462 e. The van der Waals surface area contributed by atoms with Crippen LogP contribution in [-0.4, -0.2) is 35.6 Å². The molecule has 0 fully saturated rings. The van der Waals surface area contributed by atoms with Crippen LogP contribution in [0.4, 0.5) is 5.69 Å². The molecule has 234 valence electrons. The highest BCUT2D eigenvalue weighted by molar-refractivity contribution is 7.52. The van der Waals surface area contributed by atoms with Crippen LogP contribution < -0.4 is 20.4 Å². The molecule has 0 bridgehead atoms. The van der Waals surface area contributed by atoms with E-state index < -0.39 is 41.9 Å². The van der Waals surface area contributed by atoms with Gasteiger partial charge in [-0.2, -0.15) is 5.09 Å². The highest BCUT2D eigenvalue weighted by Crippen LogP contribution is 2.49. The molecule has 1 heterocycles. The van der Waals surface area contributed by atoms with E-state index in [4.69, 9.17) is 13.8 Å². The highest BCUT2D eigenvalue weighted by Gasteiger charge is 2.35. The Kier molecular flexibility index (Phi) is 10.3. The summed E-state index contributed by atoms with van der Waals surface area (Å²) in [6.45, 7) is 18.6. The van der Waals surface area contributed by atoms with E-state index in [-0.39, 0.29) is 24.0 Å². The summed E-state index contributed by atoms with van der Waals surface area (Å²) in [6.07, 6.45) is 1.03. The van der Waals surface area contributed by atoms with Gasteiger partial charge in [-0.25, -0.2) is 4.57 Å². The molecule has 0 aliphatic rings. The number of carbonyl (C=O) groups excluding carboxylic acids is 2. The quantitative estimate of drug-likeness (QED) is 0.167. The van der Waals surface area contributed by atoms with Gasteiger partial charge in [-0.05, 0) is 62.3 Å². The molecule has 2 atom stereocenters. The van der Waals surface area contributed by atoms with Gasteiger partial charge in [0.2, 0.25) is 5.43 Å². The molecular formula is C32H44N3O7P. The van der Waals surface area contributed by atoms with Gasteiger partial charge < -0.3 is 19.6 Å². The summed E-state index contributed by atoms with van der Waals surface area (Å²) in [4.78, 5) is 42.2. The minimum atomic E-state index is -4.11. The van der Waals surface area contributed by atoms with E-state index in [1.807, 2.05) is 47.6 Å². The average Bonchev–Trinajstić information content (AvgIpc) is 2.87. The van der Waals surface area contributed by atoms with Gasteiger partial charge in [0, 0.05) is 34.4 Å². The number of rotatable bonds is 10. The van der Waals surface area contributed by atoms with Crippen LogP contribution in [0.1, 0.15) is 90.7 Å². The predicted molar refractivity (Wildman–Crippen MR) is 170 cm³/mol. The molecule has 0 saturated heterocycles. The number of hydrogen-bond acceptors (Lipinski definition) is 7. The Morgan fingerprint density at radius 1 is 0.977 bits per heavy atom. The van der Waals surface area contributed by atoms with Crippen molar-refractivity contribution >= 4 is 36.2 Å². The summed E-state index contributed by atoms with van der Waals surface area (Å²) in [5.41, 5.74) is 1.11. The van der Waals surface area contributed by atoms with Gasteiger partial charge in [-0.1, -0.05) is 53.7 Å². The Morgan fingerprint density at radius 3 is 2.19 bits per heavy atom. The molecular weight excluding hydrogens is 569 g/mol. The van der Waals surface area contributed by atoms with Gasteiger partial charge in [-0.15, -0.1) is 0 Å². The third kappa shape index (κ3) is 8.34. The monoisotopic (exact) mass is 613 g/mol. The zero-order valence-corrected chi connectivity index (χ0v) is 27.6. The third-order valence-corrected chi connectivity index (χ3v) is 8.33. The zero-order chi connectivity index (χ0) is 32.3. The number of ether oxygens (including phenoxy) is 1. The van der Waals surface area contributed by atoms with Gasteiger partial charge in [0.15, 0.2) is 0 Å². The van der Waals surface area contributed by atoms with Crippen LogP contribution in [0.2, 0.25) is 0 Å². The van der Waals surface area contributed by atoms with Crippen molar-refractivity contribution in [3.05, 3.63) is 69.5 Å². The van der Waals surface area contributed by atoms with Gasteiger partial charge in [0.25, 0.3) is 5.91 Å². The number of para-hydroxylation sites is 1. The normalized spacial score (nSPS) is 14.3. The molecule has 0 aliphatic heterocycles. The standard InChI is InChI=1S/C32H44N3O7P/c1-11-40-43(39,35-20(4)30(38)41-19(2)3)42-27-17-26(23(31(5,6)7)16-24(27)32(8,9)10)34-29(37)22-18-33-25-15-13-12-14-21(25)28(22)36/h12-20H,11H2,1-10H3,(H,33,36)(H,34,37)(H,35,39)/t20-,43?/m0/s1. The van der Waals surface area contributed by atoms with E-state index in [1.165, 1.54) is 13.1 Å². The van der Waals surface area contributed by atoms with Gasteiger partial charge in [0.1, 0.15) is 17.4 Å². The topological polar surface area (TPSA) is 136 Å². The number of esters is 1. The second-order valence-electron chi connectivity index (χ2n) is 12.8. The molecule has 3 aromatic rings. The smallest absolute Gasteiger partial charge is 0.459 e.